The zero-order valence-corrected chi connectivity index (χ0v) is 9.57. The van der Waals surface area contributed by atoms with E-state index >= 15 is 0 Å². The average Bonchev–Trinajstić information content (AvgIpc) is 2.16. The van der Waals surface area contributed by atoms with Gasteiger partial charge in [-0.25, -0.2) is 0 Å². The lowest BCUT2D eigenvalue weighted by Gasteiger charge is -2.36. The predicted molar refractivity (Wildman–Crippen MR) is 57.3 cm³/mol. The van der Waals surface area contributed by atoms with Gasteiger partial charge in [-0.15, -0.1) is 11.6 Å². The molecule has 1 fully saturated rings. The lowest BCUT2D eigenvalue weighted by atomic mass is 9.77. The van der Waals surface area contributed by atoms with Crippen molar-refractivity contribution in [1.82, 2.24) is 0 Å². The van der Waals surface area contributed by atoms with Crippen LogP contribution in [-0.4, -0.2) is 19.1 Å². The number of halogens is 1. The van der Waals surface area contributed by atoms with Crippen molar-refractivity contribution >= 4 is 11.6 Å². The zero-order valence-electron chi connectivity index (χ0n) is 8.81. The highest BCUT2D eigenvalue weighted by Gasteiger charge is 2.31. The maximum atomic E-state index is 6.07. The van der Waals surface area contributed by atoms with Crippen LogP contribution >= 0.6 is 11.6 Å². The molecule has 1 aliphatic rings. The fourth-order valence-electron chi connectivity index (χ4n) is 1.85. The first-order valence-corrected chi connectivity index (χ1v) is 5.86. The van der Waals surface area contributed by atoms with Gasteiger partial charge < -0.3 is 4.74 Å². The van der Waals surface area contributed by atoms with Crippen LogP contribution in [0.2, 0.25) is 0 Å². The topological polar surface area (TPSA) is 9.23 Å². The fraction of sp³-hybridized carbons (Fsp3) is 1.00. The molecule has 2 heteroatoms. The van der Waals surface area contributed by atoms with Gasteiger partial charge in [-0.1, -0.05) is 20.3 Å². The van der Waals surface area contributed by atoms with Gasteiger partial charge in [-0.05, 0) is 30.6 Å². The van der Waals surface area contributed by atoms with E-state index < -0.39 is 0 Å². The van der Waals surface area contributed by atoms with Gasteiger partial charge >= 0.3 is 0 Å². The molecule has 0 N–H and O–H groups in total. The molecule has 0 aromatic heterocycles. The molecule has 0 spiro atoms. The molecule has 1 aliphatic heterocycles. The van der Waals surface area contributed by atoms with E-state index in [-0.39, 0.29) is 0 Å². The largest absolute Gasteiger partial charge is 0.381 e. The minimum Gasteiger partial charge on any atom is -0.381 e. The Bertz CT molecular complexity index is 139. The molecule has 1 saturated heterocycles. The van der Waals surface area contributed by atoms with E-state index in [0.29, 0.717) is 5.41 Å². The second-order valence-corrected chi connectivity index (χ2v) is 4.95. The molecule has 0 unspecified atom stereocenters. The van der Waals surface area contributed by atoms with Crippen LogP contribution in [0.3, 0.4) is 0 Å². The highest BCUT2D eigenvalue weighted by Crippen LogP contribution is 2.37. The average molecular weight is 205 g/mol. The summed E-state index contributed by atoms with van der Waals surface area (Å²) in [4.78, 5) is 0. The minimum absolute atomic E-state index is 0.393. The smallest absolute Gasteiger partial charge is 0.0471 e. The van der Waals surface area contributed by atoms with E-state index in [1.807, 2.05) is 0 Å². The van der Waals surface area contributed by atoms with E-state index in [1.165, 1.54) is 12.8 Å². The van der Waals surface area contributed by atoms with Crippen LogP contribution in [0.5, 0.6) is 0 Å². The van der Waals surface area contributed by atoms with E-state index in [2.05, 4.69) is 13.8 Å². The van der Waals surface area contributed by atoms with Crippen molar-refractivity contribution in [1.29, 1.82) is 0 Å². The number of hydrogen-bond donors (Lipinski definition) is 0. The first-order valence-electron chi connectivity index (χ1n) is 5.32. The Morgan fingerprint density at radius 1 is 1.31 bits per heavy atom. The SMILES string of the molecule is CC(C)CCC1(CCl)CCOCC1. The molecular weight excluding hydrogens is 184 g/mol. The summed E-state index contributed by atoms with van der Waals surface area (Å²) in [6.45, 7) is 6.37. The summed E-state index contributed by atoms with van der Waals surface area (Å²) in [5.74, 6) is 1.60. The Morgan fingerprint density at radius 2 is 1.92 bits per heavy atom. The first-order chi connectivity index (χ1) is 6.18. The van der Waals surface area contributed by atoms with Gasteiger partial charge in [0.05, 0.1) is 0 Å². The Labute approximate surface area is 86.8 Å². The number of hydrogen-bond acceptors (Lipinski definition) is 1. The number of rotatable bonds is 4. The molecular formula is C11H21ClO. The van der Waals surface area contributed by atoms with E-state index in [0.717, 1.165) is 37.9 Å². The van der Waals surface area contributed by atoms with Crippen molar-refractivity contribution in [2.45, 2.75) is 39.5 Å². The maximum Gasteiger partial charge on any atom is 0.0471 e. The van der Waals surface area contributed by atoms with Crippen LogP contribution in [0.25, 0.3) is 0 Å². The van der Waals surface area contributed by atoms with E-state index in [1.54, 1.807) is 0 Å². The maximum absolute atomic E-state index is 6.07. The van der Waals surface area contributed by atoms with Crippen LogP contribution < -0.4 is 0 Å². The van der Waals surface area contributed by atoms with Gasteiger partial charge in [0.1, 0.15) is 0 Å². The quantitative estimate of drug-likeness (QED) is 0.638. The third-order valence-electron chi connectivity index (χ3n) is 3.09. The molecule has 0 bridgehead atoms. The molecule has 1 heterocycles. The van der Waals surface area contributed by atoms with Crippen LogP contribution in [0.15, 0.2) is 0 Å². The monoisotopic (exact) mass is 204 g/mol. The number of alkyl halides is 1. The summed E-state index contributed by atoms with van der Waals surface area (Å²) in [6, 6.07) is 0. The summed E-state index contributed by atoms with van der Waals surface area (Å²) in [5, 5.41) is 0. The third kappa shape index (κ3) is 3.47. The molecule has 13 heavy (non-hydrogen) atoms. The summed E-state index contributed by atoms with van der Waals surface area (Å²) < 4.78 is 5.37. The summed E-state index contributed by atoms with van der Waals surface area (Å²) in [7, 11) is 0. The predicted octanol–water partition coefficient (Wildman–Crippen LogP) is 3.46. The normalized spacial score (nSPS) is 22.2. The summed E-state index contributed by atoms with van der Waals surface area (Å²) >= 11 is 6.07. The lowest BCUT2D eigenvalue weighted by molar-refractivity contribution is 0.0191. The standard InChI is InChI=1S/C11H21ClO/c1-10(2)3-4-11(9-12)5-7-13-8-6-11/h10H,3-9H2,1-2H3. The molecule has 1 nitrogen and oxygen atoms in total. The zero-order chi connectivity index (χ0) is 9.73. The van der Waals surface area contributed by atoms with E-state index in [4.69, 9.17) is 16.3 Å². The van der Waals surface area contributed by atoms with Crippen molar-refractivity contribution in [3.63, 3.8) is 0 Å². The van der Waals surface area contributed by atoms with Crippen LogP contribution in [0.4, 0.5) is 0 Å². The van der Waals surface area contributed by atoms with Gasteiger partial charge in [0, 0.05) is 19.1 Å². The van der Waals surface area contributed by atoms with Crippen molar-refractivity contribution in [2.75, 3.05) is 19.1 Å². The minimum atomic E-state index is 0.393. The molecule has 0 aromatic carbocycles. The highest BCUT2D eigenvalue weighted by molar-refractivity contribution is 6.18. The van der Waals surface area contributed by atoms with Crippen molar-refractivity contribution in [2.24, 2.45) is 11.3 Å². The van der Waals surface area contributed by atoms with Crippen molar-refractivity contribution < 1.29 is 4.74 Å². The van der Waals surface area contributed by atoms with Gasteiger partial charge in [0.2, 0.25) is 0 Å². The van der Waals surface area contributed by atoms with Crippen LogP contribution in [0, 0.1) is 11.3 Å². The molecule has 0 amide bonds. The summed E-state index contributed by atoms with van der Waals surface area (Å²) in [6.07, 6.45) is 4.89. The lowest BCUT2D eigenvalue weighted by Crippen LogP contribution is -2.31. The second-order valence-electron chi connectivity index (χ2n) is 4.68. The Morgan fingerprint density at radius 3 is 2.38 bits per heavy atom. The molecule has 0 aromatic rings. The van der Waals surface area contributed by atoms with Gasteiger partial charge in [-0.3, -0.25) is 0 Å². The Hall–Kier alpha value is 0.250. The molecule has 78 valence electrons. The van der Waals surface area contributed by atoms with Gasteiger partial charge in [-0.2, -0.15) is 0 Å². The Balaban J connectivity index is 2.38. The van der Waals surface area contributed by atoms with Gasteiger partial charge in [0.25, 0.3) is 0 Å². The van der Waals surface area contributed by atoms with Crippen molar-refractivity contribution in [3.05, 3.63) is 0 Å². The molecule has 0 atom stereocenters. The fourth-order valence-corrected chi connectivity index (χ4v) is 2.25. The Kier molecular flexibility index (Phi) is 4.54. The number of ether oxygens (including phenoxy) is 1. The van der Waals surface area contributed by atoms with Crippen LogP contribution in [0.1, 0.15) is 39.5 Å². The molecule has 0 aliphatic carbocycles. The van der Waals surface area contributed by atoms with Crippen molar-refractivity contribution in [3.8, 4) is 0 Å². The van der Waals surface area contributed by atoms with Crippen LogP contribution in [-0.2, 0) is 4.74 Å². The molecule has 0 radical (unpaired) electrons. The van der Waals surface area contributed by atoms with E-state index in [9.17, 15) is 0 Å². The molecule has 0 saturated carbocycles. The first kappa shape index (κ1) is 11.3. The summed E-state index contributed by atoms with van der Waals surface area (Å²) in [5.41, 5.74) is 0.393. The van der Waals surface area contributed by atoms with Gasteiger partial charge in [0.15, 0.2) is 0 Å². The third-order valence-corrected chi connectivity index (χ3v) is 3.66. The highest BCUT2D eigenvalue weighted by atomic mass is 35.5. The molecule has 1 rings (SSSR count). The second kappa shape index (κ2) is 5.21.